The molecule has 0 aliphatic heterocycles. The minimum atomic E-state index is -0.866. The highest BCUT2D eigenvalue weighted by Crippen LogP contribution is 2.24. The van der Waals surface area contributed by atoms with Gasteiger partial charge < -0.3 is 10.5 Å². The maximum Gasteiger partial charge on any atom is 0.323 e. The molecule has 0 spiro atoms. The van der Waals surface area contributed by atoms with Crippen LogP contribution in [0.15, 0.2) is 37.3 Å². The smallest absolute Gasteiger partial charge is 0.323 e. The number of hydrogen-bond acceptors (Lipinski definition) is 9. The van der Waals surface area contributed by atoms with Gasteiger partial charge in [0.05, 0.1) is 17.3 Å². The number of benzene rings is 1. The quantitative estimate of drug-likeness (QED) is 0.204. The fraction of sp³-hybridized carbons (Fsp3) is 0.231. The number of carbonyl (C=O) groups excluding carboxylic acids is 1. The van der Waals surface area contributed by atoms with Gasteiger partial charge >= 0.3 is 5.97 Å². The molecule has 1 atom stereocenters. The van der Waals surface area contributed by atoms with E-state index in [1.807, 2.05) is 5.48 Å². The lowest BCUT2D eigenvalue weighted by Crippen LogP contribution is -2.33. The van der Waals surface area contributed by atoms with E-state index >= 15 is 0 Å². The Morgan fingerprint density at radius 3 is 3.00 bits per heavy atom. The molecule has 0 unspecified atom stereocenters. The highest BCUT2D eigenvalue weighted by atomic mass is 79.9. The molecule has 1 aromatic carbocycles. The number of hydrogen-bond donors (Lipinski definition) is 3. The largest absolute Gasteiger partial charge is 0.468 e. The summed E-state index contributed by atoms with van der Waals surface area (Å²) in [5, 5.41) is 16.9. The zero-order valence-corrected chi connectivity index (χ0v) is 15.2. The summed E-state index contributed by atoms with van der Waals surface area (Å²) < 4.78 is 22.7. The van der Waals surface area contributed by atoms with Crippen molar-refractivity contribution in [3.05, 3.63) is 34.2 Å². The van der Waals surface area contributed by atoms with E-state index in [2.05, 4.69) is 40.6 Å². The molecular formula is C13H13BrFN5O4S. The standard InChI is InChI=1S/C13H13BrFN5O4S/c1-23-13(21)9(16)5-25-12-10(19-24-20-12)11(18-22)17-6-2-3-8(15)7(14)4-6/h2-4,9,22H,5,16H2,1H3,(H,17,18)/t9-/m0/s1. The second-order valence-corrected chi connectivity index (χ2v) is 6.39. The van der Waals surface area contributed by atoms with Crippen molar-refractivity contribution in [2.45, 2.75) is 11.1 Å². The molecule has 0 saturated carbocycles. The van der Waals surface area contributed by atoms with E-state index < -0.39 is 17.8 Å². The van der Waals surface area contributed by atoms with Gasteiger partial charge in [-0.2, -0.15) is 0 Å². The van der Waals surface area contributed by atoms with Gasteiger partial charge in [0.2, 0.25) is 0 Å². The molecule has 1 aromatic heterocycles. The third-order valence-corrected chi connectivity index (χ3v) is 4.51. The molecular weight excluding hydrogens is 421 g/mol. The maximum atomic E-state index is 13.3. The van der Waals surface area contributed by atoms with Crippen molar-refractivity contribution in [1.29, 1.82) is 0 Å². The SMILES string of the molecule is COC(=O)[C@@H](N)CSc1nonc1C(=Nc1ccc(F)c(Br)c1)NO. The van der Waals surface area contributed by atoms with E-state index in [1.54, 1.807) is 0 Å². The van der Waals surface area contributed by atoms with E-state index in [0.29, 0.717) is 5.69 Å². The van der Waals surface area contributed by atoms with Crippen LogP contribution < -0.4 is 11.2 Å². The van der Waals surface area contributed by atoms with E-state index in [-0.39, 0.29) is 26.8 Å². The molecule has 4 N–H and O–H groups in total. The molecule has 12 heteroatoms. The minimum absolute atomic E-state index is 0.0751. The fourth-order valence-electron chi connectivity index (χ4n) is 1.62. The zero-order valence-electron chi connectivity index (χ0n) is 12.8. The van der Waals surface area contributed by atoms with Gasteiger partial charge in [-0.3, -0.25) is 15.5 Å². The van der Waals surface area contributed by atoms with Crippen LogP contribution in [0, 0.1) is 5.82 Å². The average Bonchev–Trinajstić information content (AvgIpc) is 3.08. The molecule has 0 radical (unpaired) electrons. The molecule has 0 saturated heterocycles. The van der Waals surface area contributed by atoms with Gasteiger partial charge in [-0.05, 0) is 44.4 Å². The molecule has 0 aliphatic carbocycles. The van der Waals surface area contributed by atoms with Gasteiger partial charge in [0.1, 0.15) is 11.9 Å². The first-order valence-electron chi connectivity index (χ1n) is 6.69. The first-order valence-corrected chi connectivity index (χ1v) is 8.47. The van der Waals surface area contributed by atoms with Crippen molar-refractivity contribution in [3.63, 3.8) is 0 Å². The van der Waals surface area contributed by atoms with Gasteiger partial charge in [0.25, 0.3) is 0 Å². The zero-order chi connectivity index (χ0) is 18.4. The predicted octanol–water partition coefficient (Wildman–Crippen LogP) is 1.62. The fourth-order valence-corrected chi connectivity index (χ4v) is 2.82. The van der Waals surface area contributed by atoms with Crippen LogP contribution in [0.4, 0.5) is 10.1 Å². The number of nitrogens with zero attached hydrogens (tertiary/aromatic N) is 3. The molecule has 9 nitrogen and oxygen atoms in total. The third kappa shape index (κ3) is 4.98. The summed E-state index contributed by atoms with van der Waals surface area (Å²) >= 11 is 4.12. The second kappa shape index (κ2) is 8.89. The van der Waals surface area contributed by atoms with Crippen molar-refractivity contribution < 1.29 is 23.8 Å². The summed E-state index contributed by atoms with van der Waals surface area (Å²) in [6.07, 6.45) is 0. The number of aromatic nitrogens is 2. The minimum Gasteiger partial charge on any atom is -0.468 e. The number of halogens is 2. The third-order valence-electron chi connectivity index (χ3n) is 2.84. The second-order valence-electron chi connectivity index (χ2n) is 4.53. The van der Waals surface area contributed by atoms with Gasteiger partial charge in [0.15, 0.2) is 16.6 Å². The number of hydroxylamine groups is 1. The summed E-state index contributed by atoms with van der Waals surface area (Å²) in [5.41, 5.74) is 7.98. The predicted molar refractivity (Wildman–Crippen MR) is 90.2 cm³/mol. The normalized spacial score (nSPS) is 12.8. The first kappa shape index (κ1) is 19.3. The van der Waals surface area contributed by atoms with Gasteiger partial charge in [-0.15, -0.1) is 0 Å². The highest BCUT2D eigenvalue weighted by molar-refractivity contribution is 9.10. The topological polar surface area (TPSA) is 136 Å². The Hall–Kier alpha value is -2.02. The average molecular weight is 434 g/mol. The van der Waals surface area contributed by atoms with Crippen LogP contribution >= 0.6 is 27.7 Å². The number of esters is 1. The molecule has 0 amide bonds. The van der Waals surface area contributed by atoms with Crippen LogP contribution in [0.5, 0.6) is 0 Å². The molecule has 0 bridgehead atoms. The van der Waals surface area contributed by atoms with Crippen molar-refractivity contribution in [2.75, 3.05) is 12.9 Å². The number of nitrogens with two attached hydrogens (primary N) is 1. The highest BCUT2D eigenvalue weighted by Gasteiger charge is 2.20. The Balaban J connectivity index is 2.21. The Morgan fingerprint density at radius 1 is 1.60 bits per heavy atom. The Morgan fingerprint density at radius 2 is 2.36 bits per heavy atom. The van der Waals surface area contributed by atoms with Crippen LogP contribution in [-0.4, -0.2) is 46.2 Å². The van der Waals surface area contributed by atoms with E-state index in [4.69, 9.17) is 5.73 Å². The lowest BCUT2D eigenvalue weighted by molar-refractivity contribution is -0.141. The molecule has 1 heterocycles. The first-order chi connectivity index (χ1) is 12.0. The number of aliphatic imine (C=N–C) groups is 1. The molecule has 134 valence electrons. The van der Waals surface area contributed by atoms with E-state index in [1.165, 1.54) is 25.3 Å². The number of ether oxygens (including phenoxy) is 1. The monoisotopic (exact) mass is 433 g/mol. The molecule has 25 heavy (non-hydrogen) atoms. The number of methoxy groups -OCH3 is 1. The Labute approximate surface area is 153 Å². The Bertz CT molecular complexity index is 788. The van der Waals surface area contributed by atoms with Crippen LogP contribution in [0.25, 0.3) is 0 Å². The summed E-state index contributed by atoms with van der Waals surface area (Å²) in [5.74, 6) is -0.951. The van der Waals surface area contributed by atoms with Gasteiger partial charge in [-0.25, -0.2) is 14.0 Å². The van der Waals surface area contributed by atoms with Crippen molar-refractivity contribution in [2.24, 2.45) is 10.7 Å². The number of amidine groups is 1. The van der Waals surface area contributed by atoms with Crippen molar-refractivity contribution in [1.82, 2.24) is 15.8 Å². The number of thioether (sulfide) groups is 1. The maximum absolute atomic E-state index is 13.3. The molecule has 0 aliphatic rings. The molecule has 0 fully saturated rings. The summed E-state index contributed by atoms with van der Waals surface area (Å²) in [6.45, 7) is 0. The summed E-state index contributed by atoms with van der Waals surface area (Å²) in [4.78, 5) is 15.4. The lowest BCUT2D eigenvalue weighted by Gasteiger charge is -2.07. The van der Waals surface area contributed by atoms with Crippen LogP contribution in [-0.2, 0) is 9.53 Å². The van der Waals surface area contributed by atoms with Crippen molar-refractivity contribution in [3.8, 4) is 0 Å². The molecule has 2 aromatic rings. The van der Waals surface area contributed by atoms with Crippen LogP contribution in [0.2, 0.25) is 0 Å². The summed E-state index contributed by atoms with van der Waals surface area (Å²) in [7, 11) is 1.23. The van der Waals surface area contributed by atoms with Gasteiger partial charge in [-0.1, -0.05) is 11.8 Å². The number of rotatable bonds is 6. The van der Waals surface area contributed by atoms with E-state index in [0.717, 1.165) is 11.8 Å². The van der Waals surface area contributed by atoms with Crippen LogP contribution in [0.3, 0.4) is 0 Å². The number of carbonyl (C=O) groups is 1. The van der Waals surface area contributed by atoms with Crippen molar-refractivity contribution >= 4 is 45.2 Å². The summed E-state index contributed by atoms with van der Waals surface area (Å²) in [6, 6.07) is 3.17. The van der Waals surface area contributed by atoms with Crippen LogP contribution in [0.1, 0.15) is 5.69 Å². The molecule has 2 rings (SSSR count). The Kier molecular flexibility index (Phi) is 6.87. The van der Waals surface area contributed by atoms with E-state index in [9.17, 15) is 14.4 Å². The number of nitrogens with one attached hydrogen (secondary N) is 1. The van der Waals surface area contributed by atoms with Gasteiger partial charge in [0, 0.05) is 5.75 Å². The lowest BCUT2D eigenvalue weighted by atomic mass is 10.3.